The van der Waals surface area contributed by atoms with Crippen LogP contribution in [0.25, 0.3) is 0 Å². The number of halogens is 3. The number of methoxy groups -OCH3 is 1. The normalized spacial score (nSPS) is 11.3. The van der Waals surface area contributed by atoms with E-state index in [1.165, 1.54) is 6.07 Å². The molecule has 0 radical (unpaired) electrons. The summed E-state index contributed by atoms with van der Waals surface area (Å²) < 4.78 is 52.3. The number of rotatable bonds is 3. The third-order valence-electron chi connectivity index (χ3n) is 1.83. The molecule has 1 heterocycles. The highest BCUT2D eigenvalue weighted by molar-refractivity contribution is 8.13. The molecule has 0 aliphatic heterocycles. The molecular formula is C8H5ClF2N2O3S. The van der Waals surface area contributed by atoms with E-state index >= 15 is 0 Å². The van der Waals surface area contributed by atoms with E-state index in [2.05, 4.69) is 9.72 Å². The number of hydrogen-bond donors (Lipinski definition) is 0. The fraction of sp³-hybridized carbons (Fsp3) is 0.250. The summed E-state index contributed by atoms with van der Waals surface area (Å²) >= 11 is 0. The summed E-state index contributed by atoms with van der Waals surface area (Å²) in [7, 11) is 1.69. The molecule has 0 unspecified atom stereocenters. The molecule has 0 aliphatic rings. The Bertz CT molecular complexity index is 583. The van der Waals surface area contributed by atoms with E-state index in [0.717, 1.165) is 7.11 Å². The predicted molar refractivity (Wildman–Crippen MR) is 53.5 cm³/mol. The van der Waals surface area contributed by atoms with E-state index in [0.29, 0.717) is 6.20 Å². The monoisotopic (exact) mass is 282 g/mol. The molecule has 17 heavy (non-hydrogen) atoms. The SMILES string of the molecule is COc1ncc(S(=O)(=O)Cl)c(C(F)F)c1C#N. The Morgan fingerprint density at radius 3 is 2.53 bits per heavy atom. The Hall–Kier alpha value is -1.46. The Morgan fingerprint density at radius 1 is 1.59 bits per heavy atom. The van der Waals surface area contributed by atoms with Gasteiger partial charge in [-0.2, -0.15) is 5.26 Å². The van der Waals surface area contributed by atoms with Gasteiger partial charge in [0.1, 0.15) is 16.5 Å². The van der Waals surface area contributed by atoms with Crippen LogP contribution in [-0.4, -0.2) is 20.5 Å². The van der Waals surface area contributed by atoms with Crippen molar-refractivity contribution in [1.82, 2.24) is 4.98 Å². The minimum atomic E-state index is -4.41. The lowest BCUT2D eigenvalue weighted by molar-refractivity contribution is 0.147. The minimum absolute atomic E-state index is 0.383. The molecule has 0 fully saturated rings. The molecule has 1 rings (SSSR count). The van der Waals surface area contributed by atoms with Crippen LogP contribution in [0.2, 0.25) is 0 Å². The second-order valence-electron chi connectivity index (χ2n) is 2.77. The summed E-state index contributed by atoms with van der Waals surface area (Å²) in [4.78, 5) is 2.54. The van der Waals surface area contributed by atoms with Gasteiger partial charge in [0.05, 0.1) is 18.9 Å². The minimum Gasteiger partial charge on any atom is -0.480 e. The second-order valence-corrected chi connectivity index (χ2v) is 5.31. The van der Waals surface area contributed by atoms with E-state index in [-0.39, 0.29) is 5.88 Å². The third-order valence-corrected chi connectivity index (χ3v) is 3.18. The molecule has 0 saturated heterocycles. The zero-order chi connectivity index (χ0) is 13.2. The van der Waals surface area contributed by atoms with Crippen LogP contribution in [0.5, 0.6) is 5.88 Å². The summed E-state index contributed by atoms with van der Waals surface area (Å²) in [6, 6.07) is 1.42. The zero-order valence-corrected chi connectivity index (χ0v) is 9.89. The molecule has 92 valence electrons. The van der Waals surface area contributed by atoms with E-state index < -0.39 is 31.5 Å². The number of ether oxygens (including phenoxy) is 1. The van der Waals surface area contributed by atoms with Gasteiger partial charge in [0.2, 0.25) is 5.88 Å². The fourth-order valence-electron chi connectivity index (χ4n) is 1.16. The lowest BCUT2D eigenvalue weighted by Gasteiger charge is -2.10. The van der Waals surface area contributed by atoms with Gasteiger partial charge < -0.3 is 4.74 Å². The molecule has 0 saturated carbocycles. The number of hydrogen-bond acceptors (Lipinski definition) is 5. The maximum Gasteiger partial charge on any atom is 0.266 e. The van der Waals surface area contributed by atoms with Crippen molar-refractivity contribution in [2.24, 2.45) is 0 Å². The van der Waals surface area contributed by atoms with Crippen molar-refractivity contribution in [3.63, 3.8) is 0 Å². The first kappa shape index (κ1) is 13.6. The van der Waals surface area contributed by atoms with Crippen molar-refractivity contribution < 1.29 is 21.9 Å². The lowest BCUT2D eigenvalue weighted by atomic mass is 10.1. The van der Waals surface area contributed by atoms with Gasteiger partial charge in [-0.1, -0.05) is 0 Å². The molecule has 0 aromatic carbocycles. The van der Waals surface area contributed by atoms with Crippen LogP contribution >= 0.6 is 10.7 Å². The van der Waals surface area contributed by atoms with Crippen LogP contribution in [0.3, 0.4) is 0 Å². The van der Waals surface area contributed by atoms with Crippen molar-refractivity contribution in [2.75, 3.05) is 7.11 Å². The molecule has 9 heteroatoms. The molecule has 0 aliphatic carbocycles. The molecule has 0 spiro atoms. The van der Waals surface area contributed by atoms with Crippen molar-refractivity contribution in [3.8, 4) is 11.9 Å². The van der Waals surface area contributed by atoms with Crippen molar-refractivity contribution in [2.45, 2.75) is 11.3 Å². The summed E-state index contributed by atoms with van der Waals surface area (Å²) in [6.07, 6.45) is -2.56. The summed E-state index contributed by atoms with van der Waals surface area (Å²) in [5.41, 5.74) is -1.65. The van der Waals surface area contributed by atoms with Crippen LogP contribution in [-0.2, 0) is 9.05 Å². The molecule has 1 aromatic heterocycles. The van der Waals surface area contributed by atoms with Crippen LogP contribution in [0, 0.1) is 11.3 Å². The highest BCUT2D eigenvalue weighted by Gasteiger charge is 2.28. The van der Waals surface area contributed by atoms with E-state index in [1.807, 2.05) is 0 Å². The largest absolute Gasteiger partial charge is 0.480 e. The summed E-state index contributed by atoms with van der Waals surface area (Å²) in [5.74, 6) is -0.383. The number of aromatic nitrogens is 1. The van der Waals surface area contributed by atoms with Gasteiger partial charge in [0.15, 0.2) is 0 Å². The Morgan fingerprint density at radius 2 is 2.18 bits per heavy atom. The molecule has 0 atom stereocenters. The summed E-state index contributed by atoms with van der Waals surface area (Å²) in [6.45, 7) is 0. The average Bonchev–Trinajstić information content (AvgIpc) is 2.25. The highest BCUT2D eigenvalue weighted by atomic mass is 35.7. The lowest BCUT2D eigenvalue weighted by Crippen LogP contribution is -2.05. The maximum atomic E-state index is 12.8. The molecule has 0 N–H and O–H groups in total. The second kappa shape index (κ2) is 4.81. The summed E-state index contributed by atoms with van der Waals surface area (Å²) in [5, 5.41) is 8.73. The van der Waals surface area contributed by atoms with Crippen LogP contribution < -0.4 is 4.74 Å². The number of nitriles is 1. The standard InChI is InChI=1S/C8H5ClF2N2O3S/c1-16-8-4(2-12)6(7(10)11)5(3-13-8)17(9,14)15/h3,7H,1H3. The van der Waals surface area contributed by atoms with Crippen LogP contribution in [0.1, 0.15) is 17.6 Å². The Balaban J connectivity index is 3.74. The Kier molecular flexibility index (Phi) is 3.85. The van der Waals surface area contributed by atoms with Crippen LogP contribution in [0.4, 0.5) is 8.78 Å². The molecule has 0 amide bonds. The molecule has 5 nitrogen and oxygen atoms in total. The Labute approximate surface area is 100 Å². The van der Waals surface area contributed by atoms with Gasteiger partial charge in [-0.05, 0) is 0 Å². The highest BCUT2D eigenvalue weighted by Crippen LogP contribution is 2.34. The quantitative estimate of drug-likeness (QED) is 0.790. The third kappa shape index (κ3) is 2.62. The van der Waals surface area contributed by atoms with Gasteiger partial charge in [-0.15, -0.1) is 0 Å². The van der Waals surface area contributed by atoms with Crippen molar-refractivity contribution >= 4 is 19.7 Å². The van der Waals surface area contributed by atoms with E-state index in [4.69, 9.17) is 15.9 Å². The molecule has 1 aromatic rings. The van der Waals surface area contributed by atoms with E-state index in [1.54, 1.807) is 0 Å². The number of nitrogens with zero attached hydrogens (tertiary/aromatic N) is 2. The molecular weight excluding hydrogens is 278 g/mol. The number of alkyl halides is 2. The smallest absolute Gasteiger partial charge is 0.266 e. The zero-order valence-electron chi connectivity index (χ0n) is 8.32. The van der Waals surface area contributed by atoms with Crippen molar-refractivity contribution in [1.29, 1.82) is 5.26 Å². The van der Waals surface area contributed by atoms with Crippen LogP contribution in [0.15, 0.2) is 11.1 Å². The number of pyridine rings is 1. The first-order chi connectivity index (χ1) is 7.82. The fourth-order valence-corrected chi connectivity index (χ4v) is 2.16. The molecule has 0 bridgehead atoms. The van der Waals surface area contributed by atoms with Gasteiger partial charge in [-0.3, -0.25) is 0 Å². The predicted octanol–water partition coefficient (Wildman–Crippen LogP) is 1.83. The van der Waals surface area contributed by atoms with Gasteiger partial charge in [0, 0.05) is 10.7 Å². The first-order valence-corrected chi connectivity index (χ1v) is 6.33. The van der Waals surface area contributed by atoms with E-state index in [9.17, 15) is 17.2 Å². The van der Waals surface area contributed by atoms with Gasteiger partial charge in [0.25, 0.3) is 15.5 Å². The topological polar surface area (TPSA) is 80.0 Å². The maximum absolute atomic E-state index is 12.8. The average molecular weight is 283 g/mol. The van der Waals surface area contributed by atoms with Gasteiger partial charge >= 0.3 is 0 Å². The van der Waals surface area contributed by atoms with Crippen molar-refractivity contribution in [3.05, 3.63) is 17.3 Å². The first-order valence-electron chi connectivity index (χ1n) is 4.02. The van der Waals surface area contributed by atoms with Gasteiger partial charge in [-0.25, -0.2) is 22.2 Å².